The minimum atomic E-state index is 0.145. The molecule has 7 heteroatoms. The highest BCUT2D eigenvalue weighted by Crippen LogP contribution is 2.25. The summed E-state index contributed by atoms with van der Waals surface area (Å²) in [4.78, 5) is 24.1. The molecule has 26 heavy (non-hydrogen) atoms. The maximum absolute atomic E-state index is 12.3. The maximum atomic E-state index is 12.3. The normalized spacial score (nSPS) is 34.4. The van der Waals surface area contributed by atoms with E-state index in [-0.39, 0.29) is 11.8 Å². The van der Waals surface area contributed by atoms with E-state index in [0.717, 1.165) is 51.3 Å². The number of carbonyl (C=O) groups is 1. The van der Waals surface area contributed by atoms with Gasteiger partial charge in [-0.15, -0.1) is 0 Å². The van der Waals surface area contributed by atoms with Gasteiger partial charge in [0.15, 0.2) is 5.96 Å². The lowest BCUT2D eigenvalue weighted by Gasteiger charge is -2.47. The highest BCUT2D eigenvalue weighted by molar-refractivity contribution is 5.81. The van der Waals surface area contributed by atoms with Crippen LogP contribution in [0.4, 0.5) is 0 Å². The van der Waals surface area contributed by atoms with Gasteiger partial charge < -0.3 is 15.5 Å². The molecule has 1 amide bonds. The summed E-state index contributed by atoms with van der Waals surface area (Å²) in [6.07, 6.45) is 4.14. The van der Waals surface area contributed by atoms with E-state index in [4.69, 9.17) is 4.99 Å². The first-order valence-corrected chi connectivity index (χ1v) is 10.3. The average molecular weight is 365 g/mol. The third-order valence-electron chi connectivity index (χ3n) is 6.00. The first kappa shape index (κ1) is 19.4. The van der Waals surface area contributed by atoms with Gasteiger partial charge in [-0.3, -0.25) is 19.6 Å². The van der Waals surface area contributed by atoms with Gasteiger partial charge in [0.25, 0.3) is 0 Å². The zero-order chi connectivity index (χ0) is 18.5. The van der Waals surface area contributed by atoms with Crippen molar-refractivity contribution >= 4 is 11.9 Å². The summed E-state index contributed by atoms with van der Waals surface area (Å²) in [7, 11) is 3.71. The number of carbonyl (C=O) groups excluding carboxylic acids is 1. The molecule has 7 nitrogen and oxygen atoms in total. The third-order valence-corrected chi connectivity index (χ3v) is 6.00. The van der Waals surface area contributed by atoms with Crippen LogP contribution in [0.1, 0.15) is 32.6 Å². The van der Waals surface area contributed by atoms with Crippen molar-refractivity contribution in [3.8, 4) is 0 Å². The average Bonchev–Trinajstić information content (AvgIpc) is 2.67. The van der Waals surface area contributed by atoms with E-state index in [9.17, 15) is 4.79 Å². The Labute approximate surface area is 158 Å². The van der Waals surface area contributed by atoms with Crippen molar-refractivity contribution in [2.24, 2.45) is 10.9 Å². The first-order chi connectivity index (χ1) is 12.6. The molecule has 0 radical (unpaired) electrons. The fourth-order valence-electron chi connectivity index (χ4n) is 4.52. The van der Waals surface area contributed by atoms with E-state index < -0.39 is 0 Å². The van der Waals surface area contributed by atoms with Gasteiger partial charge in [0.05, 0.1) is 6.54 Å². The van der Waals surface area contributed by atoms with Crippen LogP contribution in [0, 0.1) is 5.92 Å². The molecule has 4 rings (SSSR count). The zero-order valence-electron chi connectivity index (χ0n) is 16.7. The fraction of sp³-hybridized carbons (Fsp3) is 0.895. The summed E-state index contributed by atoms with van der Waals surface area (Å²) in [5.74, 6) is 1.32. The second-order valence-electron chi connectivity index (χ2n) is 8.15. The molecule has 2 N–H and O–H groups in total. The molecule has 2 bridgehead atoms. The Kier molecular flexibility index (Phi) is 6.75. The van der Waals surface area contributed by atoms with Crippen LogP contribution in [-0.2, 0) is 4.79 Å². The number of amides is 1. The smallest absolute Gasteiger partial charge is 0.225 e. The van der Waals surface area contributed by atoms with E-state index in [1.807, 2.05) is 14.1 Å². The van der Waals surface area contributed by atoms with Crippen LogP contribution in [0.5, 0.6) is 0 Å². The Bertz CT molecular complexity index is 500. The predicted octanol–water partition coefficient (Wildman–Crippen LogP) is 0.188. The summed E-state index contributed by atoms with van der Waals surface area (Å²) in [5.41, 5.74) is 0. The highest BCUT2D eigenvalue weighted by atomic mass is 16.2. The Balaban J connectivity index is 1.54. The number of nitrogens with zero attached hydrogens (tertiary/aromatic N) is 4. The predicted molar refractivity (Wildman–Crippen MR) is 105 cm³/mol. The molecule has 4 fully saturated rings. The van der Waals surface area contributed by atoms with Crippen molar-refractivity contribution in [1.82, 2.24) is 25.3 Å². The summed E-state index contributed by atoms with van der Waals surface area (Å²) in [6.45, 7) is 9.74. The molecule has 0 spiro atoms. The number of piperazine rings is 3. The number of hydrogen-bond donors (Lipinski definition) is 2. The van der Waals surface area contributed by atoms with Gasteiger partial charge in [0, 0.05) is 71.4 Å². The molecule has 0 aromatic carbocycles. The van der Waals surface area contributed by atoms with E-state index >= 15 is 0 Å². The molecule has 1 aliphatic carbocycles. The van der Waals surface area contributed by atoms with Gasteiger partial charge in [-0.1, -0.05) is 6.42 Å². The van der Waals surface area contributed by atoms with Crippen LogP contribution in [-0.4, -0.2) is 98.6 Å². The highest BCUT2D eigenvalue weighted by Gasteiger charge is 2.32. The molecular weight excluding hydrogens is 328 g/mol. The van der Waals surface area contributed by atoms with Gasteiger partial charge in [0.1, 0.15) is 0 Å². The summed E-state index contributed by atoms with van der Waals surface area (Å²) in [6, 6.07) is 0.879. The monoisotopic (exact) mass is 364 g/mol. The molecule has 0 aromatic rings. The van der Waals surface area contributed by atoms with E-state index in [0.29, 0.717) is 12.1 Å². The van der Waals surface area contributed by atoms with Crippen molar-refractivity contribution in [2.75, 3.05) is 59.9 Å². The Morgan fingerprint density at radius 1 is 1.19 bits per heavy atom. The maximum Gasteiger partial charge on any atom is 0.225 e. The lowest BCUT2D eigenvalue weighted by molar-refractivity contribution is -0.134. The van der Waals surface area contributed by atoms with Crippen molar-refractivity contribution in [2.45, 2.75) is 44.7 Å². The van der Waals surface area contributed by atoms with Crippen molar-refractivity contribution in [3.63, 3.8) is 0 Å². The van der Waals surface area contributed by atoms with Crippen molar-refractivity contribution < 1.29 is 4.79 Å². The quantitative estimate of drug-likeness (QED) is 0.539. The molecule has 3 atom stereocenters. The molecule has 1 saturated carbocycles. The number of nitrogens with one attached hydrogen (secondary N) is 2. The van der Waals surface area contributed by atoms with Crippen molar-refractivity contribution in [1.29, 1.82) is 0 Å². The lowest BCUT2D eigenvalue weighted by atomic mass is 9.85. The summed E-state index contributed by atoms with van der Waals surface area (Å²) < 4.78 is 0. The van der Waals surface area contributed by atoms with E-state index in [2.05, 4.69) is 27.4 Å². The van der Waals surface area contributed by atoms with Crippen LogP contribution in [0.2, 0.25) is 0 Å². The number of guanidine groups is 1. The Hall–Kier alpha value is -1.34. The number of hydrogen-bond acceptors (Lipinski definition) is 4. The summed E-state index contributed by atoms with van der Waals surface area (Å²) in [5, 5.41) is 6.99. The molecule has 3 unspecified atom stereocenters. The lowest BCUT2D eigenvalue weighted by Crippen LogP contribution is -2.62. The number of fused-ring (bicyclic) bond motifs is 3. The second kappa shape index (κ2) is 9.04. The topological polar surface area (TPSA) is 63.2 Å². The number of rotatable bonds is 5. The van der Waals surface area contributed by atoms with Crippen LogP contribution in [0.25, 0.3) is 0 Å². The third kappa shape index (κ3) is 4.88. The van der Waals surface area contributed by atoms with Gasteiger partial charge in [-0.2, -0.15) is 0 Å². The molecule has 0 aromatic heterocycles. The first-order valence-electron chi connectivity index (χ1n) is 10.3. The largest absolute Gasteiger partial charge is 0.357 e. The van der Waals surface area contributed by atoms with Gasteiger partial charge in [-0.25, -0.2) is 0 Å². The van der Waals surface area contributed by atoms with Crippen LogP contribution in [0.3, 0.4) is 0 Å². The standard InChI is InChI=1S/C19H36N6O/c1-4-20-19(21-13-17-14-24-8-10-25(17)11-9-24)22-16-7-5-6-15(12-16)18(26)23(2)3/h15-17H,4-14H2,1-3H3,(H2,20,21,22). The van der Waals surface area contributed by atoms with E-state index in [1.165, 1.54) is 26.2 Å². The Morgan fingerprint density at radius 2 is 1.96 bits per heavy atom. The number of aliphatic imine (C=N–C) groups is 1. The minimum absolute atomic E-state index is 0.145. The minimum Gasteiger partial charge on any atom is -0.357 e. The molecule has 3 heterocycles. The van der Waals surface area contributed by atoms with E-state index in [1.54, 1.807) is 4.90 Å². The van der Waals surface area contributed by atoms with Crippen LogP contribution >= 0.6 is 0 Å². The zero-order valence-corrected chi connectivity index (χ0v) is 16.7. The second-order valence-corrected chi connectivity index (χ2v) is 8.15. The molecule has 148 valence electrons. The summed E-state index contributed by atoms with van der Waals surface area (Å²) >= 11 is 0. The van der Waals surface area contributed by atoms with Gasteiger partial charge >= 0.3 is 0 Å². The van der Waals surface area contributed by atoms with Gasteiger partial charge in [-0.05, 0) is 26.2 Å². The SMILES string of the molecule is CCNC(=NCC1CN2CCN1CC2)NC1CCCC(C(=O)N(C)C)C1. The van der Waals surface area contributed by atoms with Crippen LogP contribution in [0.15, 0.2) is 4.99 Å². The van der Waals surface area contributed by atoms with Gasteiger partial charge in [0.2, 0.25) is 5.91 Å². The molecule has 3 aliphatic heterocycles. The molecular formula is C19H36N6O. The Morgan fingerprint density at radius 3 is 2.58 bits per heavy atom. The van der Waals surface area contributed by atoms with Crippen molar-refractivity contribution in [3.05, 3.63) is 0 Å². The fourth-order valence-corrected chi connectivity index (χ4v) is 4.52. The molecule has 4 aliphatic rings. The van der Waals surface area contributed by atoms with Crippen LogP contribution < -0.4 is 10.6 Å². The molecule has 3 saturated heterocycles.